The van der Waals surface area contributed by atoms with Crippen molar-refractivity contribution >= 4 is 27.6 Å². The minimum atomic E-state index is -0.397. The second-order valence-corrected chi connectivity index (χ2v) is 5.87. The smallest absolute Gasteiger partial charge is 0.224 e. The Morgan fingerprint density at radius 3 is 2.50 bits per heavy atom. The van der Waals surface area contributed by atoms with Crippen molar-refractivity contribution < 1.29 is 14.0 Å². The summed E-state index contributed by atoms with van der Waals surface area (Å²) in [5, 5.41) is 2.59. The molecule has 0 atom stereocenters. The maximum atomic E-state index is 12.8. The molecule has 0 aliphatic carbocycles. The Bertz CT molecular complexity index is 698. The molecule has 0 saturated carbocycles. The number of aryl methyl sites for hydroxylation is 1. The lowest BCUT2D eigenvalue weighted by Gasteiger charge is -2.08. The van der Waals surface area contributed by atoms with E-state index in [0.29, 0.717) is 5.56 Å². The normalized spacial score (nSPS) is 10.3. The molecule has 0 saturated heterocycles. The molecule has 5 heteroatoms. The fourth-order valence-electron chi connectivity index (χ4n) is 1.98. The van der Waals surface area contributed by atoms with E-state index >= 15 is 0 Å². The fraction of sp³-hybridized carbons (Fsp3) is 0.176. The molecule has 0 aliphatic heterocycles. The highest BCUT2D eigenvalue weighted by atomic mass is 79.9. The Kier molecular flexibility index (Phi) is 5.44. The van der Waals surface area contributed by atoms with E-state index in [1.165, 1.54) is 24.3 Å². The van der Waals surface area contributed by atoms with Crippen molar-refractivity contribution in [2.24, 2.45) is 0 Å². The van der Waals surface area contributed by atoms with Gasteiger partial charge < -0.3 is 5.32 Å². The van der Waals surface area contributed by atoms with Crippen LogP contribution in [0.5, 0.6) is 0 Å². The number of amides is 1. The zero-order chi connectivity index (χ0) is 16.1. The molecular weight excluding hydrogens is 349 g/mol. The van der Waals surface area contributed by atoms with Crippen LogP contribution in [0.2, 0.25) is 0 Å². The Balaban J connectivity index is 1.91. The van der Waals surface area contributed by atoms with Gasteiger partial charge in [-0.2, -0.15) is 0 Å². The second-order valence-electron chi connectivity index (χ2n) is 4.95. The highest BCUT2D eigenvalue weighted by molar-refractivity contribution is 9.10. The fourth-order valence-corrected chi connectivity index (χ4v) is 2.39. The van der Waals surface area contributed by atoms with Crippen LogP contribution in [-0.4, -0.2) is 18.2 Å². The van der Waals surface area contributed by atoms with Crippen molar-refractivity contribution in [2.75, 3.05) is 6.54 Å². The summed E-state index contributed by atoms with van der Waals surface area (Å²) in [6.07, 6.45) is 0.210. The average Bonchev–Trinajstić information content (AvgIpc) is 2.49. The van der Waals surface area contributed by atoms with E-state index in [9.17, 15) is 14.0 Å². The van der Waals surface area contributed by atoms with E-state index in [1.54, 1.807) is 0 Å². The third-order valence-electron chi connectivity index (χ3n) is 3.27. The van der Waals surface area contributed by atoms with Crippen LogP contribution in [0.25, 0.3) is 0 Å². The first-order chi connectivity index (χ1) is 10.5. The lowest BCUT2D eigenvalue weighted by atomic mass is 10.1. The number of hydrogen-bond acceptors (Lipinski definition) is 2. The molecule has 0 unspecified atom stereocenters. The summed E-state index contributed by atoms with van der Waals surface area (Å²) in [6.45, 7) is 1.83. The highest BCUT2D eigenvalue weighted by Crippen LogP contribution is 2.16. The molecular formula is C17H15BrFNO2. The van der Waals surface area contributed by atoms with Gasteiger partial charge in [-0.1, -0.05) is 22.0 Å². The van der Waals surface area contributed by atoms with Crippen LogP contribution in [0.1, 0.15) is 21.5 Å². The maximum Gasteiger partial charge on any atom is 0.224 e. The Morgan fingerprint density at radius 2 is 1.82 bits per heavy atom. The van der Waals surface area contributed by atoms with Crippen LogP contribution < -0.4 is 5.32 Å². The number of nitrogens with one attached hydrogen (secondary N) is 1. The SMILES string of the molecule is Cc1ccc(Br)cc1CC(=O)NCC(=O)c1ccc(F)cc1. The van der Waals surface area contributed by atoms with Crippen molar-refractivity contribution in [3.05, 3.63) is 69.4 Å². The summed E-state index contributed by atoms with van der Waals surface area (Å²) >= 11 is 3.37. The second kappa shape index (κ2) is 7.31. The molecule has 114 valence electrons. The summed E-state index contributed by atoms with van der Waals surface area (Å²) in [7, 11) is 0. The summed E-state index contributed by atoms with van der Waals surface area (Å²) < 4.78 is 13.7. The van der Waals surface area contributed by atoms with E-state index in [1.807, 2.05) is 25.1 Å². The van der Waals surface area contributed by atoms with Gasteiger partial charge in [0.05, 0.1) is 13.0 Å². The predicted octanol–water partition coefficient (Wildman–Crippen LogP) is 3.44. The molecule has 3 nitrogen and oxygen atoms in total. The molecule has 2 rings (SSSR count). The van der Waals surface area contributed by atoms with Crippen molar-refractivity contribution in [2.45, 2.75) is 13.3 Å². The Labute approximate surface area is 136 Å². The molecule has 2 aromatic rings. The van der Waals surface area contributed by atoms with Crippen molar-refractivity contribution in [1.29, 1.82) is 0 Å². The van der Waals surface area contributed by atoms with Crippen molar-refractivity contribution in [3.63, 3.8) is 0 Å². The molecule has 0 aromatic heterocycles. The van der Waals surface area contributed by atoms with Crippen LogP contribution in [0.3, 0.4) is 0 Å². The molecule has 0 spiro atoms. The van der Waals surface area contributed by atoms with Gasteiger partial charge in [-0.25, -0.2) is 4.39 Å². The molecule has 0 fully saturated rings. The van der Waals surface area contributed by atoms with E-state index in [0.717, 1.165) is 15.6 Å². The molecule has 22 heavy (non-hydrogen) atoms. The number of carbonyl (C=O) groups excluding carboxylic acids is 2. The molecule has 1 N–H and O–H groups in total. The van der Waals surface area contributed by atoms with Gasteiger partial charge in [0.2, 0.25) is 5.91 Å². The monoisotopic (exact) mass is 363 g/mol. The van der Waals surface area contributed by atoms with Gasteiger partial charge in [0.1, 0.15) is 5.82 Å². The first kappa shape index (κ1) is 16.4. The molecule has 0 heterocycles. The minimum absolute atomic E-state index is 0.0997. The number of benzene rings is 2. The zero-order valence-electron chi connectivity index (χ0n) is 12.0. The van der Waals surface area contributed by atoms with Gasteiger partial charge >= 0.3 is 0 Å². The summed E-state index contributed by atoms with van der Waals surface area (Å²) in [4.78, 5) is 23.8. The molecule has 0 radical (unpaired) electrons. The van der Waals surface area contributed by atoms with Gasteiger partial charge in [0.15, 0.2) is 5.78 Å². The van der Waals surface area contributed by atoms with E-state index in [4.69, 9.17) is 0 Å². The van der Waals surface area contributed by atoms with Crippen molar-refractivity contribution in [3.8, 4) is 0 Å². The summed E-state index contributed by atoms with van der Waals surface area (Å²) in [5.74, 6) is -0.873. The number of hydrogen-bond donors (Lipinski definition) is 1. The summed E-state index contributed by atoms with van der Waals surface area (Å²) in [5.41, 5.74) is 2.30. The lowest BCUT2D eigenvalue weighted by Crippen LogP contribution is -2.30. The third-order valence-corrected chi connectivity index (χ3v) is 3.77. The van der Waals surface area contributed by atoms with Crippen LogP contribution in [0, 0.1) is 12.7 Å². The maximum absolute atomic E-state index is 12.8. The van der Waals surface area contributed by atoms with E-state index in [-0.39, 0.29) is 24.7 Å². The van der Waals surface area contributed by atoms with E-state index in [2.05, 4.69) is 21.2 Å². The van der Waals surface area contributed by atoms with Gasteiger partial charge in [0.25, 0.3) is 0 Å². The Morgan fingerprint density at radius 1 is 1.14 bits per heavy atom. The summed E-state index contributed by atoms with van der Waals surface area (Å²) in [6, 6.07) is 11.0. The first-order valence-corrected chi connectivity index (χ1v) is 7.55. The van der Waals surface area contributed by atoms with Crippen molar-refractivity contribution in [1.82, 2.24) is 5.32 Å². The average molecular weight is 364 g/mol. The minimum Gasteiger partial charge on any atom is -0.348 e. The molecule has 0 aliphatic rings. The molecule has 0 bridgehead atoms. The van der Waals surface area contributed by atoms with E-state index < -0.39 is 5.82 Å². The van der Waals surface area contributed by atoms with Gasteiger partial charge in [-0.15, -0.1) is 0 Å². The lowest BCUT2D eigenvalue weighted by molar-refractivity contribution is -0.120. The number of ketones is 1. The van der Waals surface area contributed by atoms with Gasteiger partial charge in [0, 0.05) is 10.0 Å². The Hall–Kier alpha value is -2.01. The number of carbonyl (C=O) groups is 2. The first-order valence-electron chi connectivity index (χ1n) is 6.76. The van der Waals surface area contributed by atoms with Crippen LogP contribution in [-0.2, 0) is 11.2 Å². The number of rotatable bonds is 5. The number of Topliss-reactive ketones (excluding diaryl/α,β-unsaturated/α-hetero) is 1. The zero-order valence-corrected chi connectivity index (χ0v) is 13.6. The standard InChI is InChI=1S/C17H15BrFNO2/c1-11-2-5-14(18)8-13(11)9-17(22)20-10-16(21)12-3-6-15(19)7-4-12/h2-8H,9-10H2,1H3,(H,20,22). The molecule has 1 amide bonds. The molecule has 2 aromatic carbocycles. The van der Waals surface area contributed by atoms with Gasteiger partial charge in [-0.05, 0) is 54.4 Å². The largest absolute Gasteiger partial charge is 0.348 e. The predicted molar refractivity (Wildman–Crippen MR) is 86.3 cm³/mol. The van der Waals surface area contributed by atoms with Crippen LogP contribution >= 0.6 is 15.9 Å². The van der Waals surface area contributed by atoms with Crippen LogP contribution in [0.15, 0.2) is 46.9 Å². The van der Waals surface area contributed by atoms with Gasteiger partial charge in [-0.3, -0.25) is 9.59 Å². The quantitative estimate of drug-likeness (QED) is 0.827. The highest BCUT2D eigenvalue weighted by Gasteiger charge is 2.10. The third kappa shape index (κ3) is 4.49. The van der Waals surface area contributed by atoms with Crippen LogP contribution in [0.4, 0.5) is 4.39 Å². The number of halogens is 2. The topological polar surface area (TPSA) is 46.2 Å².